The van der Waals surface area contributed by atoms with Gasteiger partial charge in [0.25, 0.3) is 0 Å². The fourth-order valence-corrected chi connectivity index (χ4v) is 1.78. The number of rotatable bonds is 3. The minimum absolute atomic E-state index is 0.134. The fraction of sp³-hybridized carbons (Fsp3) is 0.400. The Morgan fingerprint density at radius 1 is 1.23 bits per heavy atom. The second-order valence-corrected chi connectivity index (χ2v) is 4.66. The van der Waals surface area contributed by atoms with Gasteiger partial charge in [-0.15, -0.1) is 0 Å². The zero-order chi connectivity index (χ0) is 9.84. The van der Waals surface area contributed by atoms with Crippen LogP contribution in [0.15, 0.2) is 30.3 Å². The molecule has 0 heterocycles. The van der Waals surface area contributed by atoms with Gasteiger partial charge in [-0.05, 0) is 17.1 Å². The van der Waals surface area contributed by atoms with Crippen molar-refractivity contribution in [3.05, 3.63) is 35.9 Å². The third kappa shape index (κ3) is 2.61. The molecule has 2 nitrogen and oxygen atoms in total. The molecule has 0 aromatic heterocycles. The number of benzene rings is 1. The lowest BCUT2D eigenvalue weighted by atomic mass is 9.98. The first-order chi connectivity index (χ1) is 6.13. The largest absolute Gasteiger partial charge is 0.508 e. The Bertz CT molecular complexity index is 284. The SMILES string of the molecule is CC(c1ccccc1)C(C)[P+](=O)O. The van der Waals surface area contributed by atoms with Crippen molar-refractivity contribution in [1.82, 2.24) is 0 Å². The highest BCUT2D eigenvalue weighted by Crippen LogP contribution is 2.34. The summed E-state index contributed by atoms with van der Waals surface area (Å²) >= 11 is 0. The second kappa shape index (κ2) is 4.50. The molecular weight excluding hydrogens is 183 g/mol. The molecule has 3 unspecified atom stereocenters. The monoisotopic (exact) mass is 197 g/mol. The van der Waals surface area contributed by atoms with Crippen molar-refractivity contribution in [2.45, 2.75) is 25.4 Å². The van der Waals surface area contributed by atoms with Crippen LogP contribution in [0.2, 0.25) is 0 Å². The lowest BCUT2D eigenvalue weighted by Gasteiger charge is -2.09. The van der Waals surface area contributed by atoms with E-state index in [0.29, 0.717) is 0 Å². The van der Waals surface area contributed by atoms with Gasteiger partial charge in [-0.2, -0.15) is 4.89 Å². The van der Waals surface area contributed by atoms with Crippen LogP contribution in [-0.2, 0) is 4.57 Å². The average molecular weight is 197 g/mol. The molecule has 13 heavy (non-hydrogen) atoms. The van der Waals surface area contributed by atoms with Crippen LogP contribution >= 0.6 is 8.03 Å². The standard InChI is InChI=1S/C10H13O2P/c1-8(9(2)13(11)12)10-6-4-3-5-7-10/h3-9H,1-2H3/p+1. The lowest BCUT2D eigenvalue weighted by Crippen LogP contribution is -2.07. The molecule has 0 aliphatic rings. The van der Waals surface area contributed by atoms with Crippen LogP contribution in [0.25, 0.3) is 0 Å². The van der Waals surface area contributed by atoms with Crippen molar-refractivity contribution in [3.63, 3.8) is 0 Å². The van der Waals surface area contributed by atoms with Crippen LogP contribution in [-0.4, -0.2) is 10.6 Å². The van der Waals surface area contributed by atoms with Crippen molar-refractivity contribution in [2.24, 2.45) is 0 Å². The Balaban J connectivity index is 2.79. The molecule has 3 atom stereocenters. The maximum Gasteiger partial charge on any atom is 0.508 e. The number of hydrogen-bond acceptors (Lipinski definition) is 1. The second-order valence-electron chi connectivity index (χ2n) is 3.24. The van der Waals surface area contributed by atoms with Crippen molar-refractivity contribution in [3.8, 4) is 0 Å². The van der Waals surface area contributed by atoms with E-state index in [2.05, 4.69) is 0 Å². The van der Waals surface area contributed by atoms with Crippen LogP contribution in [0.1, 0.15) is 25.3 Å². The van der Waals surface area contributed by atoms with E-state index < -0.39 is 8.03 Å². The first-order valence-corrected chi connectivity index (χ1v) is 5.61. The number of hydrogen-bond donors (Lipinski definition) is 1. The van der Waals surface area contributed by atoms with Crippen LogP contribution in [0.4, 0.5) is 0 Å². The Labute approximate surface area is 79.5 Å². The summed E-state index contributed by atoms with van der Waals surface area (Å²) in [5, 5.41) is 0. The van der Waals surface area contributed by atoms with E-state index >= 15 is 0 Å². The summed E-state index contributed by atoms with van der Waals surface area (Å²) in [4.78, 5) is 8.96. The summed E-state index contributed by atoms with van der Waals surface area (Å²) in [5.74, 6) is 0.134. The average Bonchev–Trinajstić information content (AvgIpc) is 2.17. The molecule has 0 aliphatic heterocycles. The third-order valence-corrected chi connectivity index (χ3v) is 3.54. The quantitative estimate of drug-likeness (QED) is 0.756. The van der Waals surface area contributed by atoms with Gasteiger partial charge in [0.2, 0.25) is 0 Å². The minimum Gasteiger partial charge on any atom is -0.161 e. The zero-order valence-corrected chi connectivity index (χ0v) is 8.74. The van der Waals surface area contributed by atoms with Crippen molar-refractivity contribution in [2.75, 3.05) is 0 Å². The van der Waals surface area contributed by atoms with E-state index in [-0.39, 0.29) is 11.6 Å². The highest BCUT2D eigenvalue weighted by molar-refractivity contribution is 7.38. The molecule has 0 bridgehead atoms. The maximum absolute atomic E-state index is 10.9. The van der Waals surface area contributed by atoms with Gasteiger partial charge >= 0.3 is 8.03 Å². The molecule has 0 radical (unpaired) electrons. The molecule has 0 saturated heterocycles. The summed E-state index contributed by atoms with van der Waals surface area (Å²) in [7, 11) is -2.07. The van der Waals surface area contributed by atoms with Crippen molar-refractivity contribution >= 4 is 8.03 Å². The van der Waals surface area contributed by atoms with Gasteiger partial charge in [0.1, 0.15) is 0 Å². The van der Waals surface area contributed by atoms with Gasteiger partial charge < -0.3 is 0 Å². The van der Waals surface area contributed by atoms with E-state index in [4.69, 9.17) is 4.89 Å². The summed E-state index contributed by atoms with van der Waals surface area (Å²) in [6, 6.07) is 9.81. The minimum atomic E-state index is -2.07. The molecule has 0 saturated carbocycles. The van der Waals surface area contributed by atoms with E-state index in [9.17, 15) is 4.57 Å². The molecule has 1 rings (SSSR count). The Kier molecular flexibility index (Phi) is 3.58. The third-order valence-electron chi connectivity index (χ3n) is 2.40. The van der Waals surface area contributed by atoms with Gasteiger partial charge in [-0.25, -0.2) is 0 Å². The van der Waals surface area contributed by atoms with E-state index in [1.165, 1.54) is 0 Å². The molecule has 0 fully saturated rings. The molecule has 1 aromatic carbocycles. The van der Waals surface area contributed by atoms with Crippen molar-refractivity contribution < 1.29 is 9.46 Å². The van der Waals surface area contributed by atoms with Gasteiger partial charge in [0.05, 0.1) is 0 Å². The van der Waals surface area contributed by atoms with E-state index in [1.54, 1.807) is 6.92 Å². The molecule has 0 aliphatic carbocycles. The van der Waals surface area contributed by atoms with Gasteiger partial charge in [0, 0.05) is 5.92 Å². The summed E-state index contributed by atoms with van der Waals surface area (Å²) in [6.07, 6.45) is 0. The van der Waals surface area contributed by atoms with Gasteiger partial charge in [-0.3, -0.25) is 0 Å². The maximum atomic E-state index is 10.9. The first-order valence-electron chi connectivity index (χ1n) is 4.33. The molecule has 1 aromatic rings. The smallest absolute Gasteiger partial charge is 0.161 e. The van der Waals surface area contributed by atoms with Gasteiger partial charge in [0.15, 0.2) is 5.66 Å². The predicted molar refractivity (Wildman–Crippen MR) is 54.1 cm³/mol. The Morgan fingerprint density at radius 3 is 2.23 bits per heavy atom. The normalized spacial score (nSPS) is 16.4. The topological polar surface area (TPSA) is 37.3 Å². The summed E-state index contributed by atoms with van der Waals surface area (Å²) in [5.41, 5.74) is 0.935. The molecule has 70 valence electrons. The molecule has 3 heteroatoms. The summed E-state index contributed by atoms with van der Waals surface area (Å²) < 4.78 is 10.9. The predicted octanol–water partition coefficient (Wildman–Crippen LogP) is 2.91. The highest BCUT2D eigenvalue weighted by Gasteiger charge is 2.30. The van der Waals surface area contributed by atoms with Crippen molar-refractivity contribution in [1.29, 1.82) is 0 Å². The molecular formula is C10H14O2P+. The van der Waals surface area contributed by atoms with E-state index in [0.717, 1.165) is 5.56 Å². The van der Waals surface area contributed by atoms with Crippen LogP contribution in [0.5, 0.6) is 0 Å². The Hall–Kier alpha value is -0.720. The summed E-state index contributed by atoms with van der Waals surface area (Å²) in [6.45, 7) is 3.78. The van der Waals surface area contributed by atoms with Crippen LogP contribution < -0.4 is 0 Å². The molecule has 1 N–H and O–H groups in total. The lowest BCUT2D eigenvalue weighted by molar-refractivity contribution is 0.483. The molecule has 0 amide bonds. The van der Waals surface area contributed by atoms with Crippen LogP contribution in [0, 0.1) is 0 Å². The fourth-order valence-electron chi connectivity index (χ4n) is 1.23. The van der Waals surface area contributed by atoms with Gasteiger partial charge in [-0.1, -0.05) is 37.3 Å². The molecule has 0 spiro atoms. The Morgan fingerprint density at radius 2 is 1.77 bits per heavy atom. The highest BCUT2D eigenvalue weighted by atomic mass is 31.1. The first kappa shape index (κ1) is 10.4. The van der Waals surface area contributed by atoms with Crippen LogP contribution in [0.3, 0.4) is 0 Å². The van der Waals surface area contributed by atoms with E-state index in [1.807, 2.05) is 37.3 Å². The zero-order valence-electron chi connectivity index (χ0n) is 7.84.